The summed E-state index contributed by atoms with van der Waals surface area (Å²) in [6, 6.07) is 7.80. The van der Waals surface area contributed by atoms with Gasteiger partial charge in [0.15, 0.2) is 0 Å². The number of nitrogens with zero attached hydrogens (tertiary/aromatic N) is 1. The minimum Gasteiger partial charge on any atom is -0.464 e. The Morgan fingerprint density at radius 2 is 2.10 bits per heavy atom. The number of fused-ring (bicyclic) bond motifs is 4. The SMILES string of the molecule is O=[11C](N[C@H]1CN2CCC1CC2)c1ccc2occc2c1. The number of carbonyl (C=O) groups excluding carboxylic acids is 1. The van der Waals surface area contributed by atoms with Crippen LogP contribution in [0, 0.1) is 5.92 Å². The summed E-state index contributed by atoms with van der Waals surface area (Å²) in [5.41, 5.74) is 1.54. The molecule has 2 bridgehead atoms. The lowest BCUT2D eigenvalue weighted by atomic mass is 9.79. The molecule has 0 spiro atoms. The van der Waals surface area contributed by atoms with E-state index in [1.165, 1.54) is 25.9 Å². The van der Waals surface area contributed by atoms with Crippen LogP contribution in [-0.2, 0) is 0 Å². The Hall–Kier alpha value is -1.81. The van der Waals surface area contributed by atoms with Crippen LogP contribution in [0.25, 0.3) is 11.0 Å². The molecule has 20 heavy (non-hydrogen) atoms. The number of amides is 1. The molecule has 4 nitrogen and oxygen atoms in total. The van der Waals surface area contributed by atoms with Crippen molar-refractivity contribution in [3.8, 4) is 0 Å². The van der Waals surface area contributed by atoms with E-state index in [2.05, 4.69) is 10.2 Å². The van der Waals surface area contributed by atoms with Crippen molar-refractivity contribution in [3.05, 3.63) is 36.1 Å². The van der Waals surface area contributed by atoms with Crippen LogP contribution >= 0.6 is 0 Å². The fourth-order valence-corrected chi connectivity index (χ4v) is 3.49. The fraction of sp³-hybridized carbons (Fsp3) is 0.438. The largest absolute Gasteiger partial charge is 0.464 e. The third-order valence-electron chi connectivity index (χ3n) is 4.69. The van der Waals surface area contributed by atoms with Gasteiger partial charge < -0.3 is 14.6 Å². The predicted molar refractivity (Wildman–Crippen MR) is 76.6 cm³/mol. The third-order valence-corrected chi connectivity index (χ3v) is 4.69. The number of rotatable bonds is 2. The lowest BCUT2D eigenvalue weighted by Crippen LogP contribution is -2.57. The van der Waals surface area contributed by atoms with E-state index in [1.807, 2.05) is 24.3 Å². The third kappa shape index (κ3) is 2.00. The first-order valence-electron chi connectivity index (χ1n) is 7.30. The molecule has 3 fully saturated rings. The van der Waals surface area contributed by atoms with Gasteiger partial charge in [-0.3, -0.25) is 4.79 Å². The monoisotopic (exact) mass is 269 g/mol. The summed E-state index contributed by atoms with van der Waals surface area (Å²) in [6.07, 6.45) is 4.08. The maximum atomic E-state index is 12.4. The van der Waals surface area contributed by atoms with Crippen molar-refractivity contribution in [3.63, 3.8) is 0 Å². The average Bonchev–Trinajstić information content (AvgIpc) is 2.96. The van der Waals surface area contributed by atoms with Crippen molar-refractivity contribution in [2.45, 2.75) is 18.9 Å². The van der Waals surface area contributed by atoms with Gasteiger partial charge in [-0.2, -0.15) is 0 Å². The van der Waals surface area contributed by atoms with Crippen LogP contribution in [0.15, 0.2) is 34.9 Å². The molecule has 3 saturated heterocycles. The van der Waals surface area contributed by atoms with Gasteiger partial charge in [-0.1, -0.05) is 0 Å². The molecule has 1 aromatic heterocycles. The van der Waals surface area contributed by atoms with Crippen molar-refractivity contribution < 1.29 is 9.21 Å². The van der Waals surface area contributed by atoms with Crippen molar-refractivity contribution in [2.24, 2.45) is 5.92 Å². The highest BCUT2D eigenvalue weighted by Gasteiger charge is 2.34. The van der Waals surface area contributed by atoms with E-state index in [0.29, 0.717) is 12.0 Å². The van der Waals surface area contributed by atoms with Crippen LogP contribution < -0.4 is 5.32 Å². The molecule has 3 aliphatic rings. The molecule has 0 saturated carbocycles. The molecule has 4 heteroatoms. The van der Waals surface area contributed by atoms with Gasteiger partial charge in [0.25, 0.3) is 5.91 Å². The van der Waals surface area contributed by atoms with E-state index < -0.39 is 0 Å². The van der Waals surface area contributed by atoms with Gasteiger partial charge >= 0.3 is 0 Å². The Morgan fingerprint density at radius 1 is 1.25 bits per heavy atom. The molecule has 1 atom stereocenters. The highest BCUT2D eigenvalue weighted by atomic mass is 16.3. The summed E-state index contributed by atoms with van der Waals surface area (Å²) < 4.78 is 5.30. The zero-order valence-electron chi connectivity index (χ0n) is 11.3. The summed E-state index contributed by atoms with van der Waals surface area (Å²) in [5.74, 6) is 0.688. The predicted octanol–water partition coefficient (Wildman–Crippen LogP) is 2.26. The molecule has 2 aromatic rings. The molecule has 3 aliphatic heterocycles. The number of nitrogens with one attached hydrogen (secondary N) is 1. The topological polar surface area (TPSA) is 45.5 Å². The van der Waals surface area contributed by atoms with Crippen molar-refractivity contribution in [2.75, 3.05) is 19.6 Å². The van der Waals surface area contributed by atoms with E-state index in [4.69, 9.17) is 4.42 Å². The molecule has 4 heterocycles. The molecular weight excluding hydrogens is 251 g/mol. The summed E-state index contributed by atoms with van der Waals surface area (Å²) in [6.45, 7) is 3.39. The first kappa shape index (κ1) is 12.0. The lowest BCUT2D eigenvalue weighted by molar-refractivity contribution is 0.0620. The van der Waals surface area contributed by atoms with Crippen LogP contribution in [0.2, 0.25) is 0 Å². The zero-order chi connectivity index (χ0) is 13.5. The second-order valence-corrected chi connectivity index (χ2v) is 5.89. The van der Waals surface area contributed by atoms with E-state index in [-0.39, 0.29) is 5.91 Å². The normalized spacial score (nSPS) is 28.7. The molecular formula is C16H18N2O2. The van der Waals surface area contributed by atoms with Crippen LogP contribution in [0.3, 0.4) is 0 Å². The molecule has 0 radical (unpaired) electrons. The number of hydrogen-bond donors (Lipinski definition) is 1. The van der Waals surface area contributed by atoms with E-state index >= 15 is 0 Å². The Kier molecular flexibility index (Phi) is 2.77. The number of piperidine rings is 3. The smallest absolute Gasteiger partial charge is 0.251 e. The fourth-order valence-electron chi connectivity index (χ4n) is 3.49. The standard InChI is InChI=1S/C16H18N2O2/c19-16(13-1-2-15-12(9-13)5-8-20-15)17-14-10-18-6-3-11(14)4-7-18/h1-2,5,8-9,11,14H,3-4,6-7,10H2,(H,17,19)/t14-/m0/s1/i16-1. The second-order valence-electron chi connectivity index (χ2n) is 5.89. The molecule has 104 valence electrons. The average molecular weight is 269 g/mol. The molecule has 1 N–H and O–H groups in total. The molecule has 0 unspecified atom stereocenters. The number of carbonyl (C=O) groups is 1. The van der Waals surface area contributed by atoms with E-state index in [9.17, 15) is 4.79 Å². The van der Waals surface area contributed by atoms with E-state index in [0.717, 1.165) is 23.1 Å². The minimum atomic E-state index is 0.0341. The first-order chi connectivity index (χ1) is 9.79. The van der Waals surface area contributed by atoms with Crippen LogP contribution in [0.5, 0.6) is 0 Å². The van der Waals surface area contributed by atoms with Crippen molar-refractivity contribution in [1.82, 2.24) is 10.2 Å². The van der Waals surface area contributed by atoms with Gasteiger partial charge in [0.2, 0.25) is 0 Å². The number of hydrogen-bond acceptors (Lipinski definition) is 3. The lowest BCUT2D eigenvalue weighted by Gasteiger charge is -2.44. The number of furan rings is 1. The Balaban J connectivity index is 1.52. The van der Waals surface area contributed by atoms with Crippen molar-refractivity contribution in [1.29, 1.82) is 0 Å². The maximum Gasteiger partial charge on any atom is 0.251 e. The Labute approximate surface area is 117 Å². The maximum absolute atomic E-state index is 12.4. The highest BCUT2D eigenvalue weighted by Crippen LogP contribution is 2.27. The van der Waals surface area contributed by atoms with E-state index in [1.54, 1.807) is 6.26 Å². The highest BCUT2D eigenvalue weighted by molar-refractivity contribution is 5.97. The van der Waals surface area contributed by atoms with Crippen LogP contribution in [0.4, 0.5) is 0 Å². The molecule has 0 aliphatic carbocycles. The van der Waals surface area contributed by atoms with Crippen molar-refractivity contribution >= 4 is 16.9 Å². The first-order valence-corrected chi connectivity index (χ1v) is 7.30. The zero-order valence-corrected chi connectivity index (χ0v) is 11.3. The molecule has 1 amide bonds. The number of benzene rings is 1. The molecule has 5 rings (SSSR count). The minimum absolute atomic E-state index is 0.0341. The van der Waals surface area contributed by atoms with Gasteiger partial charge in [0.1, 0.15) is 5.58 Å². The van der Waals surface area contributed by atoms with Gasteiger partial charge in [0, 0.05) is 23.5 Å². The van der Waals surface area contributed by atoms with Gasteiger partial charge in [0.05, 0.1) is 6.26 Å². The summed E-state index contributed by atoms with van der Waals surface area (Å²) in [4.78, 5) is 14.8. The summed E-state index contributed by atoms with van der Waals surface area (Å²) in [7, 11) is 0. The summed E-state index contributed by atoms with van der Waals surface area (Å²) in [5, 5.41) is 4.19. The van der Waals surface area contributed by atoms with Gasteiger partial charge in [-0.05, 0) is 56.1 Å². The van der Waals surface area contributed by atoms with Gasteiger partial charge in [-0.25, -0.2) is 0 Å². The van der Waals surface area contributed by atoms with Crippen LogP contribution in [0.1, 0.15) is 23.2 Å². The second kappa shape index (κ2) is 4.63. The molecule has 1 aromatic carbocycles. The summed E-state index contributed by atoms with van der Waals surface area (Å²) >= 11 is 0. The van der Waals surface area contributed by atoms with Crippen LogP contribution in [-0.4, -0.2) is 36.5 Å². The quantitative estimate of drug-likeness (QED) is 0.909. The Morgan fingerprint density at radius 3 is 2.85 bits per heavy atom. The van der Waals surface area contributed by atoms with Gasteiger partial charge in [-0.15, -0.1) is 0 Å². The Bertz CT molecular complexity index is 641.